The summed E-state index contributed by atoms with van der Waals surface area (Å²) >= 11 is 0. The lowest BCUT2D eigenvalue weighted by atomic mass is 9.86. The third-order valence-corrected chi connectivity index (χ3v) is 5.80. The van der Waals surface area contributed by atoms with Gasteiger partial charge in [-0.05, 0) is 60.7 Å². The van der Waals surface area contributed by atoms with E-state index in [1.807, 2.05) is 25.1 Å². The SMILES string of the molecule is CC#Cc1ccc(Cc2cc3c(cc2C)CO[C@]32O[C@H](CO)C[C@H](O)[C@H]2O)cc1. The van der Waals surface area contributed by atoms with Crippen molar-refractivity contribution in [3.05, 3.63) is 69.8 Å². The second-order valence-electron chi connectivity index (χ2n) is 7.81. The lowest BCUT2D eigenvalue weighted by Crippen LogP contribution is -2.56. The van der Waals surface area contributed by atoms with Crippen LogP contribution in [0.5, 0.6) is 0 Å². The maximum Gasteiger partial charge on any atom is 0.225 e. The first-order chi connectivity index (χ1) is 14.0. The Kier molecular flexibility index (Phi) is 5.48. The van der Waals surface area contributed by atoms with Crippen molar-refractivity contribution in [3.8, 4) is 11.8 Å². The van der Waals surface area contributed by atoms with Gasteiger partial charge in [-0.1, -0.05) is 24.1 Å². The minimum atomic E-state index is -1.44. The molecule has 29 heavy (non-hydrogen) atoms. The zero-order chi connectivity index (χ0) is 20.6. The molecule has 4 rings (SSSR count). The smallest absolute Gasteiger partial charge is 0.225 e. The molecule has 1 saturated heterocycles. The number of hydrogen-bond donors (Lipinski definition) is 3. The summed E-state index contributed by atoms with van der Waals surface area (Å²) in [5.41, 5.74) is 6.03. The fraction of sp³-hybridized carbons (Fsp3) is 0.417. The van der Waals surface area contributed by atoms with Crippen molar-refractivity contribution in [1.29, 1.82) is 0 Å². The van der Waals surface area contributed by atoms with Crippen molar-refractivity contribution in [2.45, 2.75) is 57.4 Å². The van der Waals surface area contributed by atoms with Crippen LogP contribution in [0, 0.1) is 18.8 Å². The molecule has 2 aliphatic rings. The molecule has 0 amide bonds. The highest BCUT2D eigenvalue weighted by Gasteiger charge is 2.55. The van der Waals surface area contributed by atoms with Crippen molar-refractivity contribution < 1.29 is 24.8 Å². The first kappa shape index (κ1) is 20.1. The first-order valence-corrected chi connectivity index (χ1v) is 9.90. The predicted molar refractivity (Wildman–Crippen MR) is 108 cm³/mol. The fourth-order valence-corrected chi connectivity index (χ4v) is 4.25. The molecule has 1 fully saturated rings. The van der Waals surface area contributed by atoms with Crippen molar-refractivity contribution in [2.24, 2.45) is 0 Å². The molecule has 0 bridgehead atoms. The summed E-state index contributed by atoms with van der Waals surface area (Å²) in [7, 11) is 0. The zero-order valence-corrected chi connectivity index (χ0v) is 16.7. The molecule has 0 radical (unpaired) electrons. The molecule has 0 unspecified atom stereocenters. The van der Waals surface area contributed by atoms with Gasteiger partial charge >= 0.3 is 0 Å². The molecule has 2 aliphatic heterocycles. The van der Waals surface area contributed by atoms with Crippen molar-refractivity contribution in [1.82, 2.24) is 0 Å². The third-order valence-electron chi connectivity index (χ3n) is 5.80. The van der Waals surface area contributed by atoms with Gasteiger partial charge in [0, 0.05) is 17.5 Å². The lowest BCUT2D eigenvalue weighted by Gasteiger charge is -2.43. The van der Waals surface area contributed by atoms with Crippen LogP contribution in [0.3, 0.4) is 0 Å². The molecule has 0 aliphatic carbocycles. The average Bonchev–Trinajstić information content (AvgIpc) is 3.05. The van der Waals surface area contributed by atoms with Crippen LogP contribution in [-0.2, 0) is 28.3 Å². The van der Waals surface area contributed by atoms with E-state index in [2.05, 4.69) is 37.0 Å². The van der Waals surface area contributed by atoms with Crippen molar-refractivity contribution in [3.63, 3.8) is 0 Å². The van der Waals surface area contributed by atoms with E-state index in [1.54, 1.807) is 0 Å². The standard InChI is InChI=1S/C24H26O5/c1-3-4-16-5-7-17(8-6-16)10-18-11-21-19(9-15(18)2)14-28-24(21)23(27)22(26)12-20(13-25)29-24/h5-9,11,20,22-23,25-27H,10,12-14H2,1-2H3/t20-,22-,23+,24-/m0/s1. The Labute approximate surface area is 170 Å². The zero-order valence-electron chi connectivity index (χ0n) is 16.7. The van der Waals surface area contributed by atoms with Crippen LogP contribution in [0.15, 0.2) is 36.4 Å². The monoisotopic (exact) mass is 394 g/mol. The summed E-state index contributed by atoms with van der Waals surface area (Å²) in [4.78, 5) is 0. The number of aliphatic hydroxyl groups excluding tert-OH is 3. The molecule has 2 aromatic carbocycles. The van der Waals surface area contributed by atoms with Crippen LogP contribution in [0.1, 0.15) is 46.7 Å². The van der Waals surface area contributed by atoms with Crippen LogP contribution < -0.4 is 0 Å². The number of benzene rings is 2. The normalized spacial score (nSPS) is 28.1. The summed E-state index contributed by atoms with van der Waals surface area (Å²) < 4.78 is 11.9. The second kappa shape index (κ2) is 7.91. The minimum Gasteiger partial charge on any atom is -0.394 e. The number of hydrogen-bond acceptors (Lipinski definition) is 5. The van der Waals surface area contributed by atoms with Crippen LogP contribution in [0.25, 0.3) is 0 Å². The van der Waals surface area contributed by atoms with Gasteiger partial charge in [0.25, 0.3) is 0 Å². The topological polar surface area (TPSA) is 79.2 Å². The lowest BCUT2D eigenvalue weighted by molar-refractivity contribution is -0.347. The Bertz CT molecular complexity index is 956. The average molecular weight is 394 g/mol. The van der Waals surface area contributed by atoms with Gasteiger partial charge in [0.05, 0.1) is 25.4 Å². The maximum absolute atomic E-state index is 10.7. The fourth-order valence-electron chi connectivity index (χ4n) is 4.25. The molecule has 5 nitrogen and oxygen atoms in total. The van der Waals surface area contributed by atoms with Crippen LogP contribution in [0.4, 0.5) is 0 Å². The van der Waals surface area contributed by atoms with Gasteiger partial charge in [-0.25, -0.2) is 0 Å². The third kappa shape index (κ3) is 3.59. The van der Waals surface area contributed by atoms with E-state index in [4.69, 9.17) is 9.47 Å². The number of rotatable bonds is 3. The highest BCUT2D eigenvalue weighted by Crippen LogP contribution is 2.46. The second-order valence-corrected chi connectivity index (χ2v) is 7.81. The highest BCUT2D eigenvalue weighted by molar-refractivity contribution is 5.45. The predicted octanol–water partition coefficient (Wildman–Crippen LogP) is 2.14. The van der Waals surface area contributed by atoms with Crippen molar-refractivity contribution >= 4 is 0 Å². The number of fused-ring (bicyclic) bond motifs is 2. The molecule has 5 heteroatoms. The molecular formula is C24H26O5. The Hall–Kier alpha value is -2.20. The van der Waals surface area contributed by atoms with Gasteiger partial charge in [0.15, 0.2) is 0 Å². The molecule has 152 valence electrons. The molecule has 2 aromatic rings. The maximum atomic E-state index is 10.7. The Balaban J connectivity index is 1.69. The summed E-state index contributed by atoms with van der Waals surface area (Å²) in [6, 6.07) is 12.2. The van der Waals surface area contributed by atoms with Crippen molar-refractivity contribution in [2.75, 3.05) is 6.61 Å². The van der Waals surface area contributed by atoms with Crippen LogP contribution in [-0.4, -0.2) is 40.2 Å². The van der Waals surface area contributed by atoms with E-state index in [-0.39, 0.29) is 13.0 Å². The molecule has 0 saturated carbocycles. The van der Waals surface area contributed by atoms with Gasteiger partial charge in [-0.3, -0.25) is 0 Å². The number of aliphatic hydroxyl groups is 3. The van der Waals surface area contributed by atoms with Gasteiger partial charge in [0.1, 0.15) is 6.10 Å². The Morgan fingerprint density at radius 3 is 2.62 bits per heavy atom. The molecular weight excluding hydrogens is 368 g/mol. The summed E-state index contributed by atoms with van der Waals surface area (Å²) in [6.45, 7) is 3.93. The molecule has 2 heterocycles. The Morgan fingerprint density at radius 1 is 1.17 bits per heavy atom. The Morgan fingerprint density at radius 2 is 1.93 bits per heavy atom. The van der Waals surface area contributed by atoms with Gasteiger partial charge in [-0.2, -0.15) is 0 Å². The number of ether oxygens (including phenoxy) is 2. The first-order valence-electron chi connectivity index (χ1n) is 9.90. The van der Waals surface area contributed by atoms with Crippen LogP contribution >= 0.6 is 0 Å². The summed E-state index contributed by atoms with van der Waals surface area (Å²) in [6.07, 6.45) is -1.94. The van der Waals surface area contributed by atoms with E-state index in [0.29, 0.717) is 6.61 Å². The van der Waals surface area contributed by atoms with Gasteiger partial charge in [0.2, 0.25) is 5.79 Å². The summed E-state index contributed by atoms with van der Waals surface area (Å²) in [5, 5.41) is 30.6. The number of aryl methyl sites for hydroxylation is 1. The van der Waals surface area contributed by atoms with Gasteiger partial charge in [-0.15, -0.1) is 5.92 Å². The quantitative estimate of drug-likeness (QED) is 0.696. The molecule has 3 N–H and O–H groups in total. The van der Waals surface area contributed by atoms with E-state index in [9.17, 15) is 15.3 Å². The largest absolute Gasteiger partial charge is 0.394 e. The van der Waals surface area contributed by atoms with E-state index in [1.165, 1.54) is 0 Å². The summed E-state index contributed by atoms with van der Waals surface area (Å²) in [5.74, 6) is 4.51. The van der Waals surface area contributed by atoms with Gasteiger partial charge < -0.3 is 24.8 Å². The highest BCUT2D eigenvalue weighted by atomic mass is 16.7. The van der Waals surface area contributed by atoms with E-state index >= 15 is 0 Å². The molecule has 0 aromatic heterocycles. The minimum absolute atomic E-state index is 0.170. The van der Waals surface area contributed by atoms with Crippen LogP contribution in [0.2, 0.25) is 0 Å². The van der Waals surface area contributed by atoms with E-state index < -0.39 is 24.1 Å². The molecule has 4 atom stereocenters. The van der Waals surface area contributed by atoms with E-state index in [0.717, 1.165) is 39.8 Å². The molecule has 1 spiro atoms.